The van der Waals surface area contributed by atoms with Gasteiger partial charge in [0, 0.05) is 13.0 Å². The smallest absolute Gasteiger partial charge is 0.457 e. The number of allylic oxidation sites excluding steroid dienone is 8. The molecule has 1 aliphatic carbocycles. The lowest BCUT2D eigenvalue weighted by atomic mass is 9.85. The molecule has 6 N–H and O–H groups in total. The second-order valence-electron chi connectivity index (χ2n) is 14.8. The standard InChI is InChI=1S/C43H77O12P/c1-3-5-7-9-11-13-15-17-19-20-22-24-26-28-30-32-37(44)54-36(34-52-33-31-29-27-25-23-21-18-16-14-12-10-8-6-4-2)35-53-56(50,51)55-43-41(48)39(46)38(45)40(47)42(43)49/h5,7,11,13,17,19,22,24,36,38-43,45-49H,3-4,6,8-10,12,14-16,18,20-21,23,25-35H2,1-2H3,(H,50,51)/b7-5-,13-11-,19-17-,24-22-. The minimum absolute atomic E-state index is 0.0928. The molecule has 0 aromatic rings. The molecular weight excluding hydrogens is 739 g/mol. The Hall–Kier alpha value is -1.70. The van der Waals surface area contributed by atoms with Crippen molar-refractivity contribution in [1.29, 1.82) is 0 Å². The van der Waals surface area contributed by atoms with Gasteiger partial charge in [-0.2, -0.15) is 0 Å². The molecule has 0 aromatic carbocycles. The fourth-order valence-corrected chi connectivity index (χ4v) is 7.26. The van der Waals surface area contributed by atoms with Gasteiger partial charge in [0.1, 0.15) is 42.7 Å². The first-order valence-corrected chi connectivity index (χ1v) is 23.0. The van der Waals surface area contributed by atoms with E-state index in [1.54, 1.807) is 0 Å². The first-order chi connectivity index (χ1) is 27.0. The van der Waals surface area contributed by atoms with Crippen LogP contribution in [0.4, 0.5) is 0 Å². The van der Waals surface area contributed by atoms with E-state index >= 15 is 0 Å². The van der Waals surface area contributed by atoms with Crippen LogP contribution in [0.1, 0.15) is 155 Å². The van der Waals surface area contributed by atoms with Crippen LogP contribution in [0.15, 0.2) is 48.6 Å². The van der Waals surface area contributed by atoms with Gasteiger partial charge >= 0.3 is 13.8 Å². The van der Waals surface area contributed by atoms with Crippen molar-refractivity contribution in [2.45, 2.75) is 198 Å². The Morgan fingerprint density at radius 3 is 1.57 bits per heavy atom. The summed E-state index contributed by atoms with van der Waals surface area (Å²) in [6.07, 6.45) is 27.6. The van der Waals surface area contributed by atoms with E-state index in [2.05, 4.69) is 62.5 Å². The number of unbranched alkanes of at least 4 members (excludes halogenated alkanes) is 15. The van der Waals surface area contributed by atoms with Crippen molar-refractivity contribution >= 4 is 13.8 Å². The molecule has 13 heteroatoms. The van der Waals surface area contributed by atoms with E-state index in [0.717, 1.165) is 57.8 Å². The Morgan fingerprint density at radius 2 is 1.05 bits per heavy atom. The highest BCUT2D eigenvalue weighted by molar-refractivity contribution is 7.47. The van der Waals surface area contributed by atoms with Crippen LogP contribution in [0.5, 0.6) is 0 Å². The van der Waals surface area contributed by atoms with Gasteiger partial charge in [-0.1, -0.05) is 146 Å². The second-order valence-corrected chi connectivity index (χ2v) is 16.2. The normalized spacial score (nSPS) is 23.5. The van der Waals surface area contributed by atoms with Crippen LogP contribution >= 0.6 is 7.82 Å². The van der Waals surface area contributed by atoms with Crippen LogP contribution in [0.3, 0.4) is 0 Å². The monoisotopic (exact) mass is 817 g/mol. The molecule has 12 nitrogen and oxygen atoms in total. The van der Waals surface area contributed by atoms with Crippen LogP contribution in [-0.2, 0) is 27.9 Å². The number of phosphoric ester groups is 1. The molecule has 0 bridgehead atoms. The molecule has 1 rings (SSSR count). The molecule has 1 saturated carbocycles. The lowest BCUT2D eigenvalue weighted by Crippen LogP contribution is -2.64. The molecule has 6 unspecified atom stereocenters. The number of ether oxygens (including phenoxy) is 2. The number of rotatable bonds is 35. The maximum absolute atomic E-state index is 12.8. The van der Waals surface area contributed by atoms with Gasteiger partial charge in [-0.15, -0.1) is 0 Å². The van der Waals surface area contributed by atoms with Gasteiger partial charge in [-0.05, 0) is 51.4 Å². The van der Waals surface area contributed by atoms with Crippen molar-refractivity contribution in [3.63, 3.8) is 0 Å². The summed E-state index contributed by atoms with van der Waals surface area (Å²) in [5.41, 5.74) is 0. The quantitative estimate of drug-likeness (QED) is 0.0156. The lowest BCUT2D eigenvalue weighted by Gasteiger charge is -2.41. The largest absolute Gasteiger partial charge is 0.472 e. The molecule has 0 aromatic heterocycles. The molecule has 1 aliphatic rings. The number of aliphatic hydroxyl groups is 5. The molecule has 326 valence electrons. The molecular formula is C43H77O12P. The predicted octanol–water partition coefficient (Wildman–Crippen LogP) is 8.08. The zero-order valence-corrected chi connectivity index (χ0v) is 35.3. The fourth-order valence-electron chi connectivity index (χ4n) is 6.29. The average Bonchev–Trinajstić information content (AvgIpc) is 3.18. The Bertz CT molecular complexity index is 1110. The molecule has 0 spiro atoms. The number of carbonyl (C=O) groups is 1. The first-order valence-electron chi connectivity index (χ1n) is 21.5. The zero-order chi connectivity index (χ0) is 41.3. The third-order valence-corrected chi connectivity index (χ3v) is 10.7. The minimum atomic E-state index is -5.02. The van der Waals surface area contributed by atoms with Gasteiger partial charge in [-0.25, -0.2) is 4.57 Å². The van der Waals surface area contributed by atoms with Crippen molar-refractivity contribution in [2.24, 2.45) is 0 Å². The highest BCUT2D eigenvalue weighted by Gasteiger charge is 2.51. The summed E-state index contributed by atoms with van der Waals surface area (Å²) >= 11 is 0. The third-order valence-electron chi connectivity index (χ3n) is 9.72. The highest BCUT2D eigenvalue weighted by atomic mass is 31.2. The number of phosphoric acid groups is 1. The maximum atomic E-state index is 12.8. The van der Waals surface area contributed by atoms with Gasteiger partial charge in [0.25, 0.3) is 0 Å². The molecule has 0 heterocycles. The van der Waals surface area contributed by atoms with Gasteiger partial charge in [0.2, 0.25) is 0 Å². The zero-order valence-electron chi connectivity index (χ0n) is 34.4. The Balaban J connectivity index is 2.47. The molecule has 0 radical (unpaired) electrons. The molecule has 0 aliphatic heterocycles. The van der Waals surface area contributed by atoms with E-state index in [4.69, 9.17) is 18.5 Å². The van der Waals surface area contributed by atoms with Crippen LogP contribution < -0.4 is 0 Å². The van der Waals surface area contributed by atoms with Crippen LogP contribution in [0, 0.1) is 0 Å². The summed E-state index contributed by atoms with van der Waals surface area (Å²) in [4.78, 5) is 23.1. The third kappa shape index (κ3) is 26.3. The maximum Gasteiger partial charge on any atom is 0.472 e. The van der Waals surface area contributed by atoms with Crippen molar-refractivity contribution in [3.8, 4) is 0 Å². The summed E-state index contributed by atoms with van der Waals surface area (Å²) in [6.45, 7) is 4.09. The molecule has 0 saturated heterocycles. The fraction of sp³-hybridized carbons (Fsp3) is 0.791. The topological polar surface area (TPSA) is 192 Å². The summed E-state index contributed by atoms with van der Waals surface area (Å²) < 4.78 is 34.0. The van der Waals surface area contributed by atoms with E-state index < -0.39 is 63.1 Å². The van der Waals surface area contributed by atoms with Gasteiger partial charge in [0.05, 0.1) is 13.2 Å². The number of esters is 1. The van der Waals surface area contributed by atoms with E-state index in [0.29, 0.717) is 13.0 Å². The summed E-state index contributed by atoms with van der Waals surface area (Å²) in [7, 11) is -5.02. The van der Waals surface area contributed by atoms with Crippen molar-refractivity contribution in [1.82, 2.24) is 0 Å². The van der Waals surface area contributed by atoms with Crippen molar-refractivity contribution in [3.05, 3.63) is 48.6 Å². The van der Waals surface area contributed by atoms with E-state index in [-0.39, 0.29) is 13.0 Å². The number of aliphatic hydroxyl groups excluding tert-OH is 5. The molecule has 56 heavy (non-hydrogen) atoms. The number of hydrogen-bond donors (Lipinski definition) is 6. The van der Waals surface area contributed by atoms with Crippen molar-refractivity contribution < 1.29 is 58.3 Å². The molecule has 0 amide bonds. The first kappa shape index (κ1) is 52.3. The average molecular weight is 817 g/mol. The Morgan fingerprint density at radius 1 is 0.589 bits per heavy atom. The summed E-state index contributed by atoms with van der Waals surface area (Å²) in [6, 6.07) is 0. The van der Waals surface area contributed by atoms with Gasteiger partial charge in [-0.3, -0.25) is 13.8 Å². The van der Waals surface area contributed by atoms with Crippen molar-refractivity contribution in [2.75, 3.05) is 19.8 Å². The SMILES string of the molecule is CC/C=C\C/C=C\C/C=C\C/C=C\CCCCC(=O)OC(COCCCCCCCCCCCCCCCC)COP(=O)(O)OC1C(O)C(O)C(O)C(O)C1O. The van der Waals surface area contributed by atoms with E-state index in [1.807, 2.05) is 0 Å². The minimum Gasteiger partial charge on any atom is -0.457 e. The second kappa shape index (κ2) is 34.2. The number of carbonyl (C=O) groups excluding carboxylic acids is 1. The lowest BCUT2D eigenvalue weighted by molar-refractivity contribution is -0.220. The molecule has 1 fully saturated rings. The number of hydrogen-bond acceptors (Lipinski definition) is 11. The van der Waals surface area contributed by atoms with Gasteiger partial charge < -0.3 is 39.9 Å². The van der Waals surface area contributed by atoms with Crippen LogP contribution in [0.2, 0.25) is 0 Å². The van der Waals surface area contributed by atoms with E-state index in [1.165, 1.54) is 70.6 Å². The van der Waals surface area contributed by atoms with Gasteiger partial charge in [0.15, 0.2) is 0 Å². The Labute approximate surface area is 337 Å². The summed E-state index contributed by atoms with van der Waals surface area (Å²) in [5.74, 6) is -0.518. The van der Waals surface area contributed by atoms with E-state index in [9.17, 15) is 39.8 Å². The Kier molecular flexibility index (Phi) is 31.9. The predicted molar refractivity (Wildman–Crippen MR) is 221 cm³/mol. The summed E-state index contributed by atoms with van der Waals surface area (Å²) in [5, 5.41) is 50.1. The highest BCUT2D eigenvalue weighted by Crippen LogP contribution is 2.47. The molecule has 6 atom stereocenters. The van der Waals surface area contributed by atoms with Crippen LogP contribution in [-0.4, -0.2) is 98.9 Å². The van der Waals surface area contributed by atoms with Crippen LogP contribution in [0.25, 0.3) is 0 Å².